The van der Waals surface area contributed by atoms with Gasteiger partial charge < -0.3 is 9.47 Å². The van der Waals surface area contributed by atoms with Gasteiger partial charge in [-0.15, -0.1) is 0 Å². The van der Waals surface area contributed by atoms with Crippen LogP contribution in [0.1, 0.15) is 24.2 Å². The van der Waals surface area contributed by atoms with Gasteiger partial charge in [0, 0.05) is 5.39 Å². The van der Waals surface area contributed by atoms with Crippen molar-refractivity contribution in [2.24, 2.45) is 0 Å². The van der Waals surface area contributed by atoms with Gasteiger partial charge in [0.1, 0.15) is 11.5 Å². The predicted molar refractivity (Wildman–Crippen MR) is 71.7 cm³/mol. The molecule has 18 heavy (non-hydrogen) atoms. The first kappa shape index (κ1) is 12.4. The minimum Gasteiger partial charge on any atom is -0.493 e. The van der Waals surface area contributed by atoms with Gasteiger partial charge in [0.2, 0.25) is 0 Å². The summed E-state index contributed by atoms with van der Waals surface area (Å²) in [4.78, 5) is 11.3. The molecule has 0 atom stereocenters. The number of benzene rings is 2. The van der Waals surface area contributed by atoms with Gasteiger partial charge in [-0.2, -0.15) is 0 Å². The maximum absolute atomic E-state index is 11.3. The first-order chi connectivity index (χ1) is 8.81. The molecule has 0 bridgehead atoms. The summed E-state index contributed by atoms with van der Waals surface area (Å²) in [5.74, 6) is 1.18. The molecule has 0 amide bonds. The molecule has 0 saturated heterocycles. The fourth-order valence-electron chi connectivity index (χ4n) is 1.99. The van der Waals surface area contributed by atoms with Crippen LogP contribution in [0.4, 0.5) is 0 Å². The lowest BCUT2D eigenvalue weighted by molar-refractivity contribution is 0.111. The molecule has 0 aliphatic carbocycles. The van der Waals surface area contributed by atoms with Crippen molar-refractivity contribution in [3.8, 4) is 11.5 Å². The number of hydrogen-bond acceptors (Lipinski definition) is 3. The molecule has 2 rings (SSSR count). The number of aldehydes is 1. The second-order valence-electron chi connectivity index (χ2n) is 3.82. The van der Waals surface area contributed by atoms with E-state index >= 15 is 0 Å². The number of rotatable bonds is 5. The van der Waals surface area contributed by atoms with Gasteiger partial charge in [0.25, 0.3) is 0 Å². The van der Waals surface area contributed by atoms with Crippen LogP contribution in [0.5, 0.6) is 11.5 Å². The smallest absolute Gasteiger partial charge is 0.157 e. The van der Waals surface area contributed by atoms with Crippen molar-refractivity contribution in [1.82, 2.24) is 0 Å². The molecular formula is C15H16O3. The molecule has 3 nitrogen and oxygen atoms in total. The Morgan fingerprint density at radius 1 is 1.11 bits per heavy atom. The monoisotopic (exact) mass is 244 g/mol. The summed E-state index contributed by atoms with van der Waals surface area (Å²) in [7, 11) is 0. The van der Waals surface area contributed by atoms with Crippen molar-refractivity contribution in [2.45, 2.75) is 13.8 Å². The van der Waals surface area contributed by atoms with Crippen molar-refractivity contribution in [2.75, 3.05) is 13.2 Å². The normalized spacial score (nSPS) is 10.3. The zero-order valence-electron chi connectivity index (χ0n) is 10.6. The van der Waals surface area contributed by atoms with E-state index in [0.717, 1.165) is 17.1 Å². The van der Waals surface area contributed by atoms with E-state index in [9.17, 15) is 4.79 Å². The van der Waals surface area contributed by atoms with Crippen LogP contribution in [-0.4, -0.2) is 19.5 Å². The SMILES string of the molecule is CCOc1cc2ccccc2c(OCC)c1C=O. The molecule has 0 heterocycles. The van der Waals surface area contributed by atoms with E-state index in [2.05, 4.69) is 0 Å². The van der Waals surface area contributed by atoms with Crippen LogP contribution in [-0.2, 0) is 0 Å². The summed E-state index contributed by atoms with van der Waals surface area (Å²) in [5.41, 5.74) is 0.484. The minimum atomic E-state index is 0.484. The van der Waals surface area contributed by atoms with Crippen molar-refractivity contribution in [3.63, 3.8) is 0 Å². The molecule has 0 N–H and O–H groups in total. The van der Waals surface area contributed by atoms with Gasteiger partial charge in [-0.3, -0.25) is 4.79 Å². The third-order valence-electron chi connectivity index (χ3n) is 2.71. The van der Waals surface area contributed by atoms with Crippen LogP contribution >= 0.6 is 0 Å². The first-order valence-electron chi connectivity index (χ1n) is 6.08. The Morgan fingerprint density at radius 2 is 1.83 bits per heavy atom. The maximum atomic E-state index is 11.3. The fourth-order valence-corrected chi connectivity index (χ4v) is 1.99. The summed E-state index contributed by atoms with van der Waals surface area (Å²) in [6, 6.07) is 9.69. The van der Waals surface area contributed by atoms with Crippen molar-refractivity contribution in [3.05, 3.63) is 35.9 Å². The molecule has 0 radical (unpaired) electrons. The molecule has 0 saturated carbocycles. The quantitative estimate of drug-likeness (QED) is 0.756. The van der Waals surface area contributed by atoms with Gasteiger partial charge in [-0.25, -0.2) is 0 Å². The lowest BCUT2D eigenvalue weighted by Gasteiger charge is -2.14. The average Bonchev–Trinajstić information content (AvgIpc) is 2.39. The predicted octanol–water partition coefficient (Wildman–Crippen LogP) is 3.45. The number of fused-ring (bicyclic) bond motifs is 1. The lowest BCUT2D eigenvalue weighted by atomic mass is 10.0. The number of ether oxygens (including phenoxy) is 2. The topological polar surface area (TPSA) is 35.5 Å². The zero-order valence-corrected chi connectivity index (χ0v) is 10.6. The molecule has 3 heteroatoms. The molecule has 0 fully saturated rings. The molecule has 0 aliphatic rings. The second kappa shape index (κ2) is 5.54. The van der Waals surface area contributed by atoms with Crippen molar-refractivity contribution < 1.29 is 14.3 Å². The van der Waals surface area contributed by atoms with E-state index in [1.807, 2.05) is 44.2 Å². The molecule has 94 valence electrons. The molecule has 0 spiro atoms. The number of hydrogen-bond donors (Lipinski definition) is 0. The summed E-state index contributed by atoms with van der Waals surface area (Å²) in [6.07, 6.45) is 0.794. The lowest BCUT2D eigenvalue weighted by Crippen LogP contribution is -2.02. The highest BCUT2D eigenvalue weighted by molar-refractivity contribution is 5.99. The van der Waals surface area contributed by atoms with Gasteiger partial charge in [-0.1, -0.05) is 24.3 Å². The Balaban J connectivity index is 2.73. The van der Waals surface area contributed by atoms with Crippen LogP contribution in [0.2, 0.25) is 0 Å². The van der Waals surface area contributed by atoms with Crippen LogP contribution in [0.15, 0.2) is 30.3 Å². The fraction of sp³-hybridized carbons (Fsp3) is 0.267. The van der Waals surface area contributed by atoms with E-state index in [-0.39, 0.29) is 0 Å². The van der Waals surface area contributed by atoms with Crippen LogP contribution < -0.4 is 9.47 Å². The van der Waals surface area contributed by atoms with Gasteiger partial charge in [0.15, 0.2) is 6.29 Å². The molecule has 2 aromatic rings. The first-order valence-corrected chi connectivity index (χ1v) is 6.08. The Kier molecular flexibility index (Phi) is 3.82. The van der Waals surface area contributed by atoms with Gasteiger partial charge >= 0.3 is 0 Å². The van der Waals surface area contributed by atoms with E-state index in [1.54, 1.807) is 0 Å². The van der Waals surface area contributed by atoms with E-state index in [0.29, 0.717) is 30.3 Å². The third kappa shape index (κ3) is 2.16. The molecule has 0 unspecified atom stereocenters. The Hall–Kier alpha value is -2.03. The Labute approximate surface area is 106 Å². The Bertz CT molecular complexity index is 561. The second-order valence-corrected chi connectivity index (χ2v) is 3.82. The summed E-state index contributed by atoms with van der Waals surface area (Å²) < 4.78 is 11.1. The Morgan fingerprint density at radius 3 is 2.50 bits per heavy atom. The van der Waals surface area contributed by atoms with Gasteiger partial charge in [-0.05, 0) is 25.3 Å². The summed E-state index contributed by atoms with van der Waals surface area (Å²) >= 11 is 0. The summed E-state index contributed by atoms with van der Waals surface area (Å²) in [5, 5.41) is 1.94. The standard InChI is InChI=1S/C15H16O3/c1-3-17-14-9-11-7-5-6-8-12(11)15(18-4-2)13(14)10-16/h5-10H,3-4H2,1-2H3. The van der Waals surface area contributed by atoms with E-state index < -0.39 is 0 Å². The highest BCUT2D eigenvalue weighted by Gasteiger charge is 2.14. The number of carbonyl (C=O) groups excluding carboxylic acids is 1. The van der Waals surface area contributed by atoms with Gasteiger partial charge in [0.05, 0.1) is 18.8 Å². The summed E-state index contributed by atoms with van der Waals surface area (Å²) in [6.45, 7) is 4.83. The van der Waals surface area contributed by atoms with Crippen molar-refractivity contribution in [1.29, 1.82) is 0 Å². The maximum Gasteiger partial charge on any atom is 0.157 e. The van der Waals surface area contributed by atoms with Crippen LogP contribution in [0.3, 0.4) is 0 Å². The average molecular weight is 244 g/mol. The van der Waals surface area contributed by atoms with E-state index in [4.69, 9.17) is 9.47 Å². The molecular weight excluding hydrogens is 228 g/mol. The minimum absolute atomic E-state index is 0.484. The third-order valence-corrected chi connectivity index (χ3v) is 2.71. The van der Waals surface area contributed by atoms with Crippen molar-refractivity contribution >= 4 is 17.1 Å². The molecule has 2 aromatic carbocycles. The highest BCUT2D eigenvalue weighted by Crippen LogP contribution is 2.36. The molecule has 0 aromatic heterocycles. The molecule has 0 aliphatic heterocycles. The van der Waals surface area contributed by atoms with Crippen LogP contribution in [0.25, 0.3) is 10.8 Å². The van der Waals surface area contributed by atoms with E-state index in [1.165, 1.54) is 0 Å². The highest BCUT2D eigenvalue weighted by atomic mass is 16.5. The number of carbonyl (C=O) groups is 1. The van der Waals surface area contributed by atoms with Crippen LogP contribution in [0, 0.1) is 0 Å². The zero-order chi connectivity index (χ0) is 13.0. The largest absolute Gasteiger partial charge is 0.493 e.